The van der Waals surface area contributed by atoms with Crippen molar-refractivity contribution in [3.63, 3.8) is 0 Å². The van der Waals surface area contributed by atoms with Crippen molar-refractivity contribution in [3.05, 3.63) is 63.9 Å². The van der Waals surface area contributed by atoms with Gasteiger partial charge in [-0.15, -0.1) is 0 Å². The summed E-state index contributed by atoms with van der Waals surface area (Å²) in [7, 11) is 1.88. The summed E-state index contributed by atoms with van der Waals surface area (Å²) in [5.74, 6) is -0.516. The van der Waals surface area contributed by atoms with Crippen LogP contribution in [0.15, 0.2) is 46.9 Å². The number of likely N-dealkylation sites (N-methyl/N-ethyl adjacent to an activating group) is 1. The molecule has 0 aromatic heterocycles. The molecule has 0 heterocycles. The number of nitrogens with one attached hydrogen (secondary N) is 1. The van der Waals surface area contributed by atoms with E-state index in [-0.39, 0.29) is 18.3 Å². The van der Waals surface area contributed by atoms with Crippen molar-refractivity contribution in [2.75, 3.05) is 18.9 Å². The molecule has 0 aliphatic carbocycles. The lowest BCUT2D eigenvalue weighted by molar-refractivity contribution is -0.117. The zero-order valence-electron chi connectivity index (χ0n) is 12.6. The third kappa shape index (κ3) is 4.93. The number of rotatable bonds is 5. The van der Waals surface area contributed by atoms with Crippen molar-refractivity contribution in [2.45, 2.75) is 13.5 Å². The first-order valence-corrected chi connectivity index (χ1v) is 7.72. The van der Waals surface area contributed by atoms with Gasteiger partial charge in [0.15, 0.2) is 0 Å². The van der Waals surface area contributed by atoms with E-state index in [1.807, 2.05) is 43.1 Å². The SMILES string of the molecule is Cc1ccc(F)cc1NC(=O)CN(C)Cc1ccc(Br)cc1. The largest absolute Gasteiger partial charge is 0.325 e. The summed E-state index contributed by atoms with van der Waals surface area (Å²) in [5, 5.41) is 2.75. The topological polar surface area (TPSA) is 32.3 Å². The number of aryl methyl sites for hydroxylation is 1. The summed E-state index contributed by atoms with van der Waals surface area (Å²) in [6.45, 7) is 2.75. The van der Waals surface area contributed by atoms with Crippen molar-refractivity contribution < 1.29 is 9.18 Å². The molecule has 0 atom stereocenters. The van der Waals surface area contributed by atoms with Crippen LogP contribution in [-0.2, 0) is 11.3 Å². The first-order valence-electron chi connectivity index (χ1n) is 6.93. The van der Waals surface area contributed by atoms with Gasteiger partial charge in [0.1, 0.15) is 5.82 Å². The fraction of sp³-hybridized carbons (Fsp3) is 0.235. The van der Waals surface area contributed by atoms with Gasteiger partial charge >= 0.3 is 0 Å². The van der Waals surface area contributed by atoms with Crippen molar-refractivity contribution in [3.8, 4) is 0 Å². The van der Waals surface area contributed by atoms with Crippen LogP contribution in [0, 0.1) is 12.7 Å². The smallest absolute Gasteiger partial charge is 0.238 e. The molecule has 0 aliphatic rings. The maximum Gasteiger partial charge on any atom is 0.238 e. The van der Waals surface area contributed by atoms with Gasteiger partial charge in [0.05, 0.1) is 6.54 Å². The van der Waals surface area contributed by atoms with E-state index in [9.17, 15) is 9.18 Å². The van der Waals surface area contributed by atoms with E-state index in [1.54, 1.807) is 6.07 Å². The third-order valence-corrected chi connectivity index (χ3v) is 3.78. The lowest BCUT2D eigenvalue weighted by Gasteiger charge is -2.17. The van der Waals surface area contributed by atoms with Crippen LogP contribution >= 0.6 is 15.9 Å². The van der Waals surface area contributed by atoms with Crippen LogP contribution in [0.5, 0.6) is 0 Å². The van der Waals surface area contributed by atoms with Gasteiger partial charge in [-0.2, -0.15) is 0 Å². The Bertz CT molecular complexity index is 658. The highest BCUT2D eigenvalue weighted by Crippen LogP contribution is 2.16. The van der Waals surface area contributed by atoms with E-state index in [0.29, 0.717) is 12.2 Å². The number of amides is 1. The minimum absolute atomic E-state index is 0.159. The molecule has 3 nitrogen and oxygen atoms in total. The molecule has 0 radical (unpaired) electrons. The highest BCUT2D eigenvalue weighted by Gasteiger charge is 2.09. The minimum Gasteiger partial charge on any atom is -0.325 e. The third-order valence-electron chi connectivity index (χ3n) is 3.25. The van der Waals surface area contributed by atoms with E-state index in [0.717, 1.165) is 15.6 Å². The summed E-state index contributed by atoms with van der Waals surface area (Å²) in [6.07, 6.45) is 0. The van der Waals surface area contributed by atoms with E-state index < -0.39 is 0 Å². The van der Waals surface area contributed by atoms with Crippen LogP contribution in [0.25, 0.3) is 0 Å². The van der Waals surface area contributed by atoms with Crippen molar-refractivity contribution in [1.29, 1.82) is 0 Å². The Kier molecular flexibility index (Phi) is 5.69. The molecule has 0 fully saturated rings. The van der Waals surface area contributed by atoms with E-state index in [1.165, 1.54) is 12.1 Å². The second kappa shape index (κ2) is 7.51. The van der Waals surface area contributed by atoms with Crippen LogP contribution in [0.4, 0.5) is 10.1 Å². The zero-order chi connectivity index (χ0) is 16.1. The van der Waals surface area contributed by atoms with Gasteiger partial charge in [-0.3, -0.25) is 9.69 Å². The molecule has 0 aliphatic heterocycles. The lowest BCUT2D eigenvalue weighted by Crippen LogP contribution is -2.30. The van der Waals surface area contributed by atoms with E-state index in [4.69, 9.17) is 0 Å². The number of carbonyl (C=O) groups excluding carboxylic acids is 1. The first kappa shape index (κ1) is 16.6. The highest BCUT2D eigenvalue weighted by molar-refractivity contribution is 9.10. The second-order valence-electron chi connectivity index (χ2n) is 5.31. The average molecular weight is 365 g/mol. The Morgan fingerprint density at radius 3 is 2.59 bits per heavy atom. The molecule has 2 aromatic rings. The molecule has 0 saturated carbocycles. The van der Waals surface area contributed by atoms with Gasteiger partial charge < -0.3 is 5.32 Å². The number of hydrogen-bond donors (Lipinski definition) is 1. The molecular formula is C17H18BrFN2O. The number of halogens is 2. The van der Waals surface area contributed by atoms with Gasteiger partial charge in [0.2, 0.25) is 5.91 Å². The molecule has 2 aromatic carbocycles. The van der Waals surface area contributed by atoms with Crippen LogP contribution in [0.2, 0.25) is 0 Å². The van der Waals surface area contributed by atoms with Crippen LogP contribution in [0.1, 0.15) is 11.1 Å². The minimum atomic E-state index is -0.357. The summed E-state index contributed by atoms with van der Waals surface area (Å²) in [5.41, 5.74) is 2.48. The predicted molar refractivity (Wildman–Crippen MR) is 90.2 cm³/mol. The zero-order valence-corrected chi connectivity index (χ0v) is 14.2. The van der Waals surface area contributed by atoms with E-state index in [2.05, 4.69) is 21.2 Å². The average Bonchev–Trinajstić information content (AvgIpc) is 2.45. The Morgan fingerprint density at radius 1 is 1.23 bits per heavy atom. The molecule has 116 valence electrons. The normalized spacial score (nSPS) is 10.8. The van der Waals surface area contributed by atoms with Crippen molar-refractivity contribution in [1.82, 2.24) is 4.90 Å². The highest BCUT2D eigenvalue weighted by atomic mass is 79.9. The fourth-order valence-corrected chi connectivity index (χ4v) is 2.39. The lowest BCUT2D eigenvalue weighted by atomic mass is 10.2. The maximum absolute atomic E-state index is 13.2. The number of hydrogen-bond acceptors (Lipinski definition) is 2. The molecule has 0 spiro atoms. The van der Waals surface area contributed by atoms with Crippen LogP contribution < -0.4 is 5.32 Å². The monoisotopic (exact) mass is 364 g/mol. The molecule has 0 bridgehead atoms. The second-order valence-corrected chi connectivity index (χ2v) is 6.22. The Balaban J connectivity index is 1.91. The molecule has 5 heteroatoms. The number of carbonyl (C=O) groups is 1. The van der Waals surface area contributed by atoms with Gasteiger partial charge in [-0.25, -0.2) is 4.39 Å². The number of benzene rings is 2. The summed E-state index contributed by atoms with van der Waals surface area (Å²) < 4.78 is 14.2. The Morgan fingerprint density at radius 2 is 1.91 bits per heavy atom. The molecule has 2 rings (SSSR count). The van der Waals surface area contributed by atoms with Gasteiger partial charge in [0.25, 0.3) is 0 Å². The summed E-state index contributed by atoms with van der Waals surface area (Å²) in [6, 6.07) is 12.3. The molecular weight excluding hydrogens is 347 g/mol. The maximum atomic E-state index is 13.2. The van der Waals surface area contributed by atoms with Crippen molar-refractivity contribution >= 4 is 27.5 Å². The Labute approximate surface area is 138 Å². The van der Waals surface area contributed by atoms with E-state index >= 15 is 0 Å². The molecule has 22 heavy (non-hydrogen) atoms. The van der Waals surface area contributed by atoms with Crippen molar-refractivity contribution in [2.24, 2.45) is 0 Å². The molecule has 1 amide bonds. The Hall–Kier alpha value is -1.72. The first-order chi connectivity index (χ1) is 10.4. The number of nitrogens with zero attached hydrogens (tertiary/aromatic N) is 1. The molecule has 1 N–H and O–H groups in total. The van der Waals surface area contributed by atoms with Crippen LogP contribution in [-0.4, -0.2) is 24.4 Å². The van der Waals surface area contributed by atoms with Crippen LogP contribution in [0.3, 0.4) is 0 Å². The molecule has 0 unspecified atom stereocenters. The van der Waals surface area contributed by atoms with Gasteiger partial charge in [-0.1, -0.05) is 34.1 Å². The molecule has 0 saturated heterocycles. The van der Waals surface area contributed by atoms with Gasteiger partial charge in [0, 0.05) is 16.7 Å². The summed E-state index contributed by atoms with van der Waals surface area (Å²) >= 11 is 3.39. The fourth-order valence-electron chi connectivity index (χ4n) is 2.12. The quantitative estimate of drug-likeness (QED) is 0.870. The summed E-state index contributed by atoms with van der Waals surface area (Å²) in [4.78, 5) is 14.0. The number of anilines is 1. The standard InChI is InChI=1S/C17H18BrFN2O/c1-12-3-8-15(19)9-16(12)20-17(22)11-21(2)10-13-4-6-14(18)7-5-13/h3-9H,10-11H2,1-2H3,(H,20,22). The predicted octanol–water partition coefficient (Wildman–Crippen LogP) is 3.97. The van der Waals surface area contributed by atoms with Gasteiger partial charge in [-0.05, 0) is 49.4 Å².